The quantitative estimate of drug-likeness (QED) is 0.636. The number of benzene rings is 1. The number of thiazole rings is 1. The lowest BCUT2D eigenvalue weighted by Gasteiger charge is -2.29. The smallest absolute Gasteiger partial charge is 0.263 e. The van der Waals surface area contributed by atoms with Gasteiger partial charge in [-0.15, -0.1) is 11.3 Å². The van der Waals surface area contributed by atoms with E-state index in [1.807, 2.05) is 13.8 Å². The molecule has 0 radical (unpaired) electrons. The van der Waals surface area contributed by atoms with Gasteiger partial charge in [-0.25, -0.2) is 9.37 Å². The van der Waals surface area contributed by atoms with Crippen molar-refractivity contribution in [3.05, 3.63) is 62.6 Å². The summed E-state index contributed by atoms with van der Waals surface area (Å²) in [4.78, 5) is 44.6. The Morgan fingerprint density at radius 1 is 1.26 bits per heavy atom. The molecule has 3 aromatic rings. The number of ketones is 1. The van der Waals surface area contributed by atoms with Gasteiger partial charge in [-0.3, -0.25) is 19.7 Å². The van der Waals surface area contributed by atoms with Gasteiger partial charge in [-0.1, -0.05) is 13.8 Å². The lowest BCUT2D eigenvalue weighted by molar-refractivity contribution is 0.0910. The van der Waals surface area contributed by atoms with Crippen LogP contribution in [0, 0.1) is 11.2 Å². The number of carbonyl (C=O) groups is 2. The summed E-state index contributed by atoms with van der Waals surface area (Å²) in [6, 6.07) is 5.80. The Labute approximate surface area is 181 Å². The monoisotopic (exact) mass is 441 g/mol. The number of ether oxygens (including phenoxy) is 1. The number of anilines is 1. The topological polar surface area (TPSA) is 101 Å². The van der Waals surface area contributed by atoms with Crippen LogP contribution in [-0.2, 0) is 6.42 Å². The van der Waals surface area contributed by atoms with Gasteiger partial charge in [0.25, 0.3) is 11.5 Å². The fraction of sp³-hybridized carbons (Fsp3) is 0.273. The van der Waals surface area contributed by atoms with E-state index in [2.05, 4.69) is 15.3 Å². The third-order valence-corrected chi connectivity index (χ3v) is 5.89. The van der Waals surface area contributed by atoms with Crippen molar-refractivity contribution < 1.29 is 18.7 Å². The van der Waals surface area contributed by atoms with Gasteiger partial charge in [0.1, 0.15) is 5.56 Å². The molecule has 4 rings (SSSR count). The number of nitrogens with one attached hydrogen (secondary N) is 2. The van der Waals surface area contributed by atoms with Crippen LogP contribution in [0.1, 0.15) is 46.7 Å². The Morgan fingerprint density at radius 3 is 2.74 bits per heavy atom. The van der Waals surface area contributed by atoms with E-state index in [1.165, 1.54) is 25.3 Å². The number of hydrogen-bond donors (Lipinski definition) is 2. The number of aromatic amines is 1. The summed E-state index contributed by atoms with van der Waals surface area (Å²) in [7, 11) is 1.38. The Kier molecular flexibility index (Phi) is 5.22. The number of amides is 1. The van der Waals surface area contributed by atoms with Gasteiger partial charge in [-0.2, -0.15) is 0 Å². The number of nitrogens with zero attached hydrogens (tertiary/aromatic N) is 1. The van der Waals surface area contributed by atoms with Crippen molar-refractivity contribution >= 4 is 28.2 Å². The summed E-state index contributed by atoms with van der Waals surface area (Å²) in [6.45, 7) is 3.92. The van der Waals surface area contributed by atoms with Crippen LogP contribution >= 0.6 is 11.3 Å². The van der Waals surface area contributed by atoms with E-state index in [1.54, 1.807) is 11.4 Å². The highest BCUT2D eigenvalue weighted by Gasteiger charge is 2.32. The van der Waals surface area contributed by atoms with Crippen LogP contribution in [0.5, 0.6) is 5.75 Å². The largest absolute Gasteiger partial charge is 0.494 e. The minimum atomic E-state index is -0.663. The van der Waals surface area contributed by atoms with E-state index < -0.39 is 17.3 Å². The number of halogens is 1. The lowest BCUT2D eigenvalue weighted by Crippen LogP contribution is -2.32. The molecule has 9 heteroatoms. The second-order valence-electron chi connectivity index (χ2n) is 8.19. The van der Waals surface area contributed by atoms with Crippen LogP contribution in [0.2, 0.25) is 0 Å². The van der Waals surface area contributed by atoms with Gasteiger partial charge < -0.3 is 9.72 Å². The number of carbonyl (C=O) groups excluding carboxylic acids is 2. The zero-order chi connectivity index (χ0) is 22.3. The second-order valence-corrected chi connectivity index (χ2v) is 9.04. The second kappa shape index (κ2) is 7.73. The maximum absolute atomic E-state index is 14.0. The van der Waals surface area contributed by atoms with Crippen LogP contribution in [-0.4, -0.2) is 28.8 Å². The van der Waals surface area contributed by atoms with Crippen molar-refractivity contribution in [1.29, 1.82) is 0 Å². The molecule has 2 N–H and O–H groups in total. The Morgan fingerprint density at radius 2 is 2.03 bits per heavy atom. The van der Waals surface area contributed by atoms with Crippen molar-refractivity contribution in [1.82, 2.24) is 9.97 Å². The summed E-state index contributed by atoms with van der Waals surface area (Å²) < 4.78 is 18.9. The molecular formula is C22H20FN3O4S. The maximum atomic E-state index is 14.0. The van der Waals surface area contributed by atoms with E-state index in [4.69, 9.17) is 4.74 Å². The van der Waals surface area contributed by atoms with Crippen molar-refractivity contribution in [2.75, 3.05) is 12.4 Å². The molecule has 1 aliphatic carbocycles. The van der Waals surface area contributed by atoms with Gasteiger partial charge in [0.05, 0.1) is 12.8 Å². The molecule has 0 bridgehead atoms. The fourth-order valence-corrected chi connectivity index (χ4v) is 4.37. The first-order valence-electron chi connectivity index (χ1n) is 9.57. The lowest BCUT2D eigenvalue weighted by atomic mass is 9.75. The van der Waals surface area contributed by atoms with E-state index in [0.29, 0.717) is 35.4 Å². The van der Waals surface area contributed by atoms with Crippen LogP contribution in [0.4, 0.5) is 9.52 Å². The SMILES string of the molecule is COc1ccc(-c2csc(NC(=O)c3cc4c([nH]c3=O)CC(C)(C)CC4=O)n2)cc1F. The third-order valence-electron chi connectivity index (χ3n) is 5.13. The normalized spacial score (nSPS) is 14.8. The van der Waals surface area contributed by atoms with Crippen LogP contribution in [0.15, 0.2) is 34.4 Å². The molecule has 160 valence electrons. The van der Waals surface area contributed by atoms with Crippen molar-refractivity contribution in [2.24, 2.45) is 5.41 Å². The highest BCUT2D eigenvalue weighted by molar-refractivity contribution is 7.14. The van der Waals surface area contributed by atoms with Gasteiger partial charge in [0.2, 0.25) is 0 Å². The summed E-state index contributed by atoms with van der Waals surface area (Å²) in [5.41, 5.74) is 0.969. The van der Waals surface area contributed by atoms with Gasteiger partial charge in [-0.05, 0) is 36.1 Å². The average molecular weight is 441 g/mol. The molecule has 1 aliphatic rings. The Bertz CT molecular complexity index is 1260. The number of Topliss-reactive ketones (excluding diaryl/α,β-unsaturated/α-hetero) is 1. The predicted molar refractivity (Wildman–Crippen MR) is 116 cm³/mol. The van der Waals surface area contributed by atoms with Gasteiger partial charge in [0.15, 0.2) is 22.5 Å². The summed E-state index contributed by atoms with van der Waals surface area (Å²) in [6.07, 6.45) is 0.904. The molecule has 0 aliphatic heterocycles. The minimum absolute atomic E-state index is 0.102. The highest BCUT2D eigenvalue weighted by Crippen LogP contribution is 2.33. The van der Waals surface area contributed by atoms with E-state index in [9.17, 15) is 18.8 Å². The third kappa shape index (κ3) is 4.13. The summed E-state index contributed by atoms with van der Waals surface area (Å²) in [5.74, 6) is -1.16. The van der Waals surface area contributed by atoms with E-state index in [-0.39, 0.29) is 27.6 Å². The molecule has 0 spiro atoms. The molecule has 2 heterocycles. The van der Waals surface area contributed by atoms with Crippen LogP contribution < -0.4 is 15.6 Å². The number of hydrogen-bond acceptors (Lipinski definition) is 6. The number of fused-ring (bicyclic) bond motifs is 1. The average Bonchev–Trinajstić information content (AvgIpc) is 3.14. The zero-order valence-electron chi connectivity index (χ0n) is 17.2. The van der Waals surface area contributed by atoms with E-state index >= 15 is 0 Å². The van der Waals surface area contributed by atoms with Crippen molar-refractivity contribution in [3.8, 4) is 17.0 Å². The molecule has 2 aromatic heterocycles. The van der Waals surface area contributed by atoms with Crippen molar-refractivity contribution in [3.63, 3.8) is 0 Å². The van der Waals surface area contributed by atoms with Crippen LogP contribution in [0.3, 0.4) is 0 Å². The molecule has 0 atom stereocenters. The Balaban J connectivity index is 1.57. The van der Waals surface area contributed by atoms with Crippen LogP contribution in [0.25, 0.3) is 11.3 Å². The number of H-pyrrole nitrogens is 1. The molecule has 0 saturated carbocycles. The first-order valence-corrected chi connectivity index (χ1v) is 10.4. The van der Waals surface area contributed by atoms with Gasteiger partial charge >= 0.3 is 0 Å². The zero-order valence-corrected chi connectivity index (χ0v) is 18.0. The number of pyridine rings is 1. The summed E-state index contributed by atoms with van der Waals surface area (Å²) in [5, 5.41) is 4.50. The summed E-state index contributed by atoms with van der Waals surface area (Å²) >= 11 is 1.14. The number of aromatic nitrogens is 2. The number of rotatable bonds is 4. The molecule has 0 saturated heterocycles. The highest BCUT2D eigenvalue weighted by atomic mass is 32.1. The minimum Gasteiger partial charge on any atom is -0.494 e. The molecule has 0 unspecified atom stereocenters. The molecule has 1 aromatic carbocycles. The Hall–Kier alpha value is -3.33. The molecular weight excluding hydrogens is 421 g/mol. The predicted octanol–water partition coefficient (Wildman–Crippen LogP) is 4.05. The molecule has 0 fully saturated rings. The van der Waals surface area contributed by atoms with E-state index in [0.717, 1.165) is 11.3 Å². The molecule has 31 heavy (non-hydrogen) atoms. The van der Waals surface area contributed by atoms with Crippen molar-refractivity contribution in [2.45, 2.75) is 26.7 Å². The molecule has 7 nitrogen and oxygen atoms in total. The first-order chi connectivity index (χ1) is 14.7. The molecule has 1 amide bonds. The number of methoxy groups -OCH3 is 1. The first kappa shape index (κ1) is 20.9. The van der Waals surface area contributed by atoms with Gasteiger partial charge in [0, 0.05) is 28.6 Å². The fourth-order valence-electron chi connectivity index (χ4n) is 3.65. The maximum Gasteiger partial charge on any atom is 0.263 e. The standard InChI is InChI=1S/C22H20FN3O4S/c1-22(2)8-15-12(17(27)9-22)7-13(19(28)24-15)20(29)26-21-25-16(10-31-21)11-4-5-18(30-3)14(23)6-11/h4-7,10H,8-9H2,1-3H3,(H,24,28)(H,25,26,29).